The first-order chi connectivity index (χ1) is 7.13. The predicted molar refractivity (Wildman–Crippen MR) is 51.5 cm³/mol. The van der Waals surface area contributed by atoms with Gasteiger partial charge in [-0.15, -0.1) is 0 Å². The van der Waals surface area contributed by atoms with Gasteiger partial charge in [0.1, 0.15) is 0 Å². The van der Waals surface area contributed by atoms with Gasteiger partial charge >= 0.3 is 11.9 Å². The molecule has 1 aliphatic carbocycles. The van der Waals surface area contributed by atoms with E-state index in [4.69, 9.17) is 10.2 Å². The minimum absolute atomic E-state index is 0.506. The van der Waals surface area contributed by atoms with Crippen molar-refractivity contribution in [1.29, 1.82) is 0 Å². The fourth-order valence-electron chi connectivity index (χ4n) is 1.72. The van der Waals surface area contributed by atoms with Crippen LogP contribution in [0.4, 0.5) is 0 Å². The average Bonchev–Trinajstić information content (AvgIpc) is 3.04. The summed E-state index contributed by atoms with van der Waals surface area (Å²) < 4.78 is 4.50. The minimum atomic E-state index is -0.970. The fraction of sp³-hybridized carbons (Fsp3) is 0.800. The Kier molecular flexibility index (Phi) is 4.55. The zero-order chi connectivity index (χ0) is 11.3. The molecule has 5 heteroatoms. The molecular formula is C10H16O5. The van der Waals surface area contributed by atoms with Gasteiger partial charge in [-0.3, -0.25) is 9.59 Å². The smallest absolute Gasteiger partial charge is 0.307 e. The number of hydrogen-bond acceptors (Lipinski definition) is 3. The molecule has 0 aromatic carbocycles. The van der Waals surface area contributed by atoms with Crippen molar-refractivity contribution < 1.29 is 24.5 Å². The van der Waals surface area contributed by atoms with Gasteiger partial charge < -0.3 is 14.9 Å². The summed E-state index contributed by atoms with van der Waals surface area (Å²) in [4.78, 5) is 21.2. The van der Waals surface area contributed by atoms with Crippen molar-refractivity contribution in [2.75, 3.05) is 13.2 Å². The number of ether oxygens (including phenoxy) is 1. The second-order valence-corrected chi connectivity index (χ2v) is 3.79. The number of hydrogen-bond donors (Lipinski definition) is 2. The number of rotatable bonds is 2. The van der Waals surface area contributed by atoms with E-state index >= 15 is 0 Å². The molecule has 1 saturated carbocycles. The van der Waals surface area contributed by atoms with Crippen molar-refractivity contribution in [2.24, 2.45) is 11.8 Å². The normalized spacial score (nSPS) is 28.5. The van der Waals surface area contributed by atoms with E-state index in [9.17, 15) is 9.59 Å². The molecule has 1 saturated heterocycles. The van der Waals surface area contributed by atoms with Crippen LogP contribution in [0.5, 0.6) is 0 Å². The highest BCUT2D eigenvalue weighted by Crippen LogP contribution is 2.30. The maximum absolute atomic E-state index is 10.6. The first-order valence-corrected chi connectivity index (χ1v) is 5.16. The summed E-state index contributed by atoms with van der Waals surface area (Å²) in [6.45, 7) is 2.00. The third-order valence-electron chi connectivity index (χ3n) is 2.60. The number of aliphatic carboxylic acids is 2. The molecule has 2 N–H and O–H groups in total. The van der Waals surface area contributed by atoms with Gasteiger partial charge in [-0.1, -0.05) is 12.8 Å². The Morgan fingerprint density at radius 1 is 0.933 bits per heavy atom. The van der Waals surface area contributed by atoms with Crippen molar-refractivity contribution >= 4 is 11.9 Å². The Morgan fingerprint density at radius 3 is 1.47 bits per heavy atom. The van der Waals surface area contributed by atoms with Gasteiger partial charge in [-0.2, -0.15) is 0 Å². The molecule has 0 aromatic heterocycles. The van der Waals surface area contributed by atoms with Crippen LogP contribution in [0.25, 0.3) is 0 Å². The molecule has 1 heterocycles. The van der Waals surface area contributed by atoms with Crippen molar-refractivity contribution in [1.82, 2.24) is 0 Å². The first kappa shape index (κ1) is 12.0. The third-order valence-corrected chi connectivity index (χ3v) is 2.60. The van der Waals surface area contributed by atoms with Gasteiger partial charge in [-0.25, -0.2) is 0 Å². The van der Waals surface area contributed by atoms with Crippen molar-refractivity contribution in [3.05, 3.63) is 0 Å². The van der Waals surface area contributed by atoms with Crippen LogP contribution in [0.3, 0.4) is 0 Å². The number of carboxylic acid groups (broad SMARTS) is 2. The lowest BCUT2D eigenvalue weighted by molar-refractivity contribution is -0.155. The third kappa shape index (κ3) is 4.29. The van der Waals surface area contributed by atoms with E-state index in [0.29, 0.717) is 12.8 Å². The Morgan fingerprint density at radius 2 is 1.27 bits per heavy atom. The Labute approximate surface area is 88.0 Å². The summed E-state index contributed by atoms with van der Waals surface area (Å²) in [6.07, 6.45) is 2.68. The molecule has 2 rings (SSSR count). The van der Waals surface area contributed by atoms with Crippen LogP contribution in [0, 0.1) is 11.8 Å². The van der Waals surface area contributed by atoms with Gasteiger partial charge in [0.2, 0.25) is 0 Å². The summed E-state index contributed by atoms with van der Waals surface area (Å²) in [5, 5.41) is 17.4. The van der Waals surface area contributed by atoms with E-state index < -0.39 is 23.8 Å². The number of epoxide rings is 1. The van der Waals surface area contributed by atoms with E-state index in [0.717, 1.165) is 26.1 Å². The molecule has 5 nitrogen and oxygen atoms in total. The topological polar surface area (TPSA) is 87.1 Å². The summed E-state index contributed by atoms with van der Waals surface area (Å²) >= 11 is 0. The molecule has 0 radical (unpaired) electrons. The van der Waals surface area contributed by atoms with Gasteiger partial charge in [0, 0.05) is 0 Å². The molecule has 2 fully saturated rings. The number of carboxylic acids is 2. The molecule has 2 unspecified atom stereocenters. The molecule has 0 spiro atoms. The second-order valence-electron chi connectivity index (χ2n) is 3.79. The van der Waals surface area contributed by atoms with Crippen LogP contribution in [0.2, 0.25) is 0 Å². The maximum atomic E-state index is 10.6. The maximum Gasteiger partial charge on any atom is 0.307 e. The highest BCUT2D eigenvalue weighted by molar-refractivity contribution is 5.80. The Bertz CT molecular complexity index is 211. The summed E-state index contributed by atoms with van der Waals surface area (Å²) in [7, 11) is 0. The van der Waals surface area contributed by atoms with Crippen molar-refractivity contribution in [3.63, 3.8) is 0 Å². The molecular weight excluding hydrogens is 200 g/mol. The summed E-state index contributed by atoms with van der Waals surface area (Å²) in [5.41, 5.74) is 0. The van der Waals surface area contributed by atoms with Gasteiger partial charge in [-0.05, 0) is 12.8 Å². The lowest BCUT2D eigenvalue weighted by Crippen LogP contribution is -2.32. The molecule has 2 aliphatic rings. The zero-order valence-electron chi connectivity index (χ0n) is 8.52. The molecule has 1 aliphatic heterocycles. The van der Waals surface area contributed by atoms with Crippen LogP contribution in [-0.4, -0.2) is 35.4 Å². The van der Waals surface area contributed by atoms with Crippen molar-refractivity contribution in [3.8, 4) is 0 Å². The largest absolute Gasteiger partial charge is 0.481 e. The SMILES string of the molecule is C1CO1.O=C(O)C1CCCCC1C(=O)O. The zero-order valence-corrected chi connectivity index (χ0v) is 8.52. The first-order valence-electron chi connectivity index (χ1n) is 5.16. The molecule has 2 atom stereocenters. The molecule has 86 valence electrons. The number of carbonyl (C=O) groups is 2. The molecule has 0 aromatic rings. The Hall–Kier alpha value is -1.10. The predicted octanol–water partition coefficient (Wildman–Crippen LogP) is 0.979. The van der Waals surface area contributed by atoms with E-state index in [1.807, 2.05) is 0 Å². The van der Waals surface area contributed by atoms with Crippen molar-refractivity contribution in [2.45, 2.75) is 25.7 Å². The Balaban J connectivity index is 0.000000319. The summed E-state index contributed by atoms with van der Waals surface area (Å²) in [6, 6.07) is 0. The lowest BCUT2D eigenvalue weighted by atomic mass is 9.79. The highest BCUT2D eigenvalue weighted by Gasteiger charge is 2.35. The lowest BCUT2D eigenvalue weighted by Gasteiger charge is -2.24. The average molecular weight is 216 g/mol. The van der Waals surface area contributed by atoms with E-state index in [2.05, 4.69) is 4.74 Å². The molecule has 15 heavy (non-hydrogen) atoms. The van der Waals surface area contributed by atoms with Crippen LogP contribution >= 0.6 is 0 Å². The monoisotopic (exact) mass is 216 g/mol. The van der Waals surface area contributed by atoms with Gasteiger partial charge in [0.25, 0.3) is 0 Å². The van der Waals surface area contributed by atoms with Crippen LogP contribution in [-0.2, 0) is 14.3 Å². The quantitative estimate of drug-likeness (QED) is 0.672. The van der Waals surface area contributed by atoms with Crippen LogP contribution < -0.4 is 0 Å². The standard InChI is InChI=1S/C8H12O4.C2H4O/c9-7(10)5-3-1-2-4-6(5)8(11)12;1-2-3-1/h5-6H,1-4H2,(H,9,10)(H,11,12);1-2H2. The fourth-order valence-corrected chi connectivity index (χ4v) is 1.72. The molecule has 0 bridgehead atoms. The highest BCUT2D eigenvalue weighted by atomic mass is 16.6. The van der Waals surface area contributed by atoms with Gasteiger partial charge in [0.05, 0.1) is 25.0 Å². The van der Waals surface area contributed by atoms with Crippen LogP contribution in [0.15, 0.2) is 0 Å². The van der Waals surface area contributed by atoms with E-state index in [1.54, 1.807) is 0 Å². The van der Waals surface area contributed by atoms with E-state index in [-0.39, 0.29) is 0 Å². The van der Waals surface area contributed by atoms with Gasteiger partial charge in [0.15, 0.2) is 0 Å². The summed E-state index contributed by atoms with van der Waals surface area (Å²) in [5.74, 6) is -3.28. The van der Waals surface area contributed by atoms with Crippen LogP contribution in [0.1, 0.15) is 25.7 Å². The second kappa shape index (κ2) is 5.70. The minimum Gasteiger partial charge on any atom is -0.481 e. The molecule has 0 amide bonds. The van der Waals surface area contributed by atoms with E-state index in [1.165, 1.54) is 0 Å².